The zero-order valence-electron chi connectivity index (χ0n) is 9.24. The Morgan fingerprint density at radius 2 is 2.17 bits per heavy atom. The van der Waals surface area contributed by atoms with Crippen LogP contribution in [0.15, 0.2) is 29.6 Å². The van der Waals surface area contributed by atoms with Gasteiger partial charge >= 0.3 is 0 Å². The van der Waals surface area contributed by atoms with Crippen molar-refractivity contribution in [2.45, 2.75) is 6.54 Å². The molecule has 3 nitrogen and oxygen atoms in total. The van der Waals surface area contributed by atoms with Gasteiger partial charge in [-0.2, -0.15) is 0 Å². The number of carbonyl (C=O) groups excluding carboxylic acids is 1. The second kappa shape index (κ2) is 5.61. The van der Waals surface area contributed by atoms with Crippen molar-refractivity contribution in [3.63, 3.8) is 0 Å². The van der Waals surface area contributed by atoms with Gasteiger partial charge < -0.3 is 11.1 Å². The average molecular weight is 301 g/mol. The standard InChI is InChI=1S/C12H10Cl2N2OS/c13-10-5-7(15)4-9(11(10)14)12(17)16-6-8-2-1-3-18-8/h1-5H,6,15H2,(H,16,17). The summed E-state index contributed by atoms with van der Waals surface area (Å²) in [6.07, 6.45) is 0. The first-order valence-electron chi connectivity index (χ1n) is 5.13. The summed E-state index contributed by atoms with van der Waals surface area (Å²) in [7, 11) is 0. The second-order valence-corrected chi connectivity index (χ2v) is 5.44. The van der Waals surface area contributed by atoms with Crippen molar-refractivity contribution in [1.82, 2.24) is 5.32 Å². The number of hydrogen-bond donors (Lipinski definition) is 2. The summed E-state index contributed by atoms with van der Waals surface area (Å²) >= 11 is 13.4. The topological polar surface area (TPSA) is 55.1 Å². The predicted octanol–water partition coefficient (Wildman–Crippen LogP) is 3.57. The van der Waals surface area contributed by atoms with E-state index in [-0.39, 0.29) is 16.0 Å². The number of hydrogen-bond acceptors (Lipinski definition) is 3. The van der Waals surface area contributed by atoms with Gasteiger partial charge in [0.15, 0.2) is 0 Å². The molecule has 0 atom stereocenters. The number of amides is 1. The third kappa shape index (κ3) is 2.96. The van der Waals surface area contributed by atoms with Crippen molar-refractivity contribution in [3.05, 3.63) is 50.1 Å². The Balaban J connectivity index is 2.14. The Bertz CT molecular complexity index is 570. The minimum Gasteiger partial charge on any atom is -0.399 e. The molecule has 2 aromatic rings. The number of halogens is 2. The lowest BCUT2D eigenvalue weighted by molar-refractivity contribution is 0.0951. The molecule has 3 N–H and O–H groups in total. The highest BCUT2D eigenvalue weighted by atomic mass is 35.5. The number of thiophene rings is 1. The molecule has 0 saturated heterocycles. The molecule has 6 heteroatoms. The molecule has 0 aliphatic heterocycles. The van der Waals surface area contributed by atoms with Crippen molar-refractivity contribution in [2.75, 3.05) is 5.73 Å². The minimum absolute atomic E-state index is 0.217. The molecule has 0 aliphatic rings. The SMILES string of the molecule is Nc1cc(Cl)c(Cl)c(C(=O)NCc2cccs2)c1. The van der Waals surface area contributed by atoms with Crippen molar-refractivity contribution in [2.24, 2.45) is 0 Å². The maximum absolute atomic E-state index is 12.0. The predicted molar refractivity (Wildman–Crippen MR) is 76.4 cm³/mol. The molecule has 0 saturated carbocycles. The number of nitrogen functional groups attached to an aromatic ring is 1. The van der Waals surface area contributed by atoms with Gasteiger partial charge in [0.25, 0.3) is 5.91 Å². The van der Waals surface area contributed by atoms with E-state index in [9.17, 15) is 4.79 Å². The maximum atomic E-state index is 12.0. The van der Waals surface area contributed by atoms with Gasteiger partial charge in [0, 0.05) is 10.6 Å². The van der Waals surface area contributed by atoms with Gasteiger partial charge in [-0.25, -0.2) is 0 Å². The molecule has 1 heterocycles. The highest BCUT2D eigenvalue weighted by Gasteiger charge is 2.14. The largest absolute Gasteiger partial charge is 0.399 e. The first-order chi connectivity index (χ1) is 8.58. The molecular formula is C12H10Cl2N2OS. The molecule has 0 fully saturated rings. The molecule has 18 heavy (non-hydrogen) atoms. The Morgan fingerprint density at radius 3 is 2.83 bits per heavy atom. The lowest BCUT2D eigenvalue weighted by atomic mass is 10.2. The van der Waals surface area contributed by atoms with Gasteiger partial charge in [-0.3, -0.25) is 4.79 Å². The first-order valence-corrected chi connectivity index (χ1v) is 6.76. The van der Waals surface area contributed by atoms with Crippen LogP contribution in [0, 0.1) is 0 Å². The van der Waals surface area contributed by atoms with Gasteiger partial charge in [-0.1, -0.05) is 29.3 Å². The first kappa shape index (κ1) is 13.2. The molecule has 1 aromatic carbocycles. The van der Waals surface area contributed by atoms with Crippen LogP contribution in [0.2, 0.25) is 10.0 Å². The summed E-state index contributed by atoms with van der Waals surface area (Å²) in [5.74, 6) is -0.289. The lowest BCUT2D eigenvalue weighted by Crippen LogP contribution is -2.22. The quantitative estimate of drug-likeness (QED) is 0.852. The number of nitrogens with two attached hydrogens (primary N) is 1. The fraction of sp³-hybridized carbons (Fsp3) is 0.0833. The molecule has 0 radical (unpaired) electrons. The summed E-state index contributed by atoms with van der Waals surface area (Å²) in [5, 5.41) is 5.21. The van der Waals surface area contributed by atoms with Crippen LogP contribution in [0.5, 0.6) is 0 Å². The van der Waals surface area contributed by atoms with Gasteiger partial charge in [0.05, 0.1) is 22.2 Å². The Hall–Kier alpha value is -1.23. The van der Waals surface area contributed by atoms with Crippen LogP contribution in [-0.2, 0) is 6.54 Å². The van der Waals surface area contributed by atoms with Gasteiger partial charge in [-0.05, 0) is 23.6 Å². The minimum atomic E-state index is -0.289. The van der Waals surface area contributed by atoms with Gasteiger partial charge in [0.1, 0.15) is 0 Å². The van der Waals surface area contributed by atoms with E-state index in [2.05, 4.69) is 5.32 Å². The highest BCUT2D eigenvalue weighted by Crippen LogP contribution is 2.28. The number of rotatable bonds is 3. The van der Waals surface area contributed by atoms with Crippen LogP contribution in [0.4, 0.5) is 5.69 Å². The normalized spacial score (nSPS) is 10.3. The number of nitrogens with one attached hydrogen (secondary N) is 1. The highest BCUT2D eigenvalue weighted by molar-refractivity contribution is 7.09. The zero-order valence-corrected chi connectivity index (χ0v) is 11.6. The third-order valence-corrected chi connectivity index (χ3v) is 3.98. The van der Waals surface area contributed by atoms with Gasteiger partial charge in [-0.15, -0.1) is 11.3 Å². The van der Waals surface area contributed by atoms with E-state index in [0.717, 1.165) is 4.88 Å². The number of carbonyl (C=O) groups is 1. The van der Waals surface area contributed by atoms with E-state index in [1.807, 2.05) is 17.5 Å². The molecule has 94 valence electrons. The van der Waals surface area contributed by atoms with Crippen LogP contribution in [-0.4, -0.2) is 5.91 Å². The average Bonchev–Trinajstić information content (AvgIpc) is 2.83. The van der Waals surface area contributed by atoms with E-state index >= 15 is 0 Å². The van der Waals surface area contributed by atoms with Crippen LogP contribution in [0.3, 0.4) is 0 Å². The fourth-order valence-corrected chi connectivity index (χ4v) is 2.52. The summed E-state index contributed by atoms with van der Waals surface area (Å²) < 4.78 is 0. The van der Waals surface area contributed by atoms with E-state index < -0.39 is 0 Å². The molecule has 0 unspecified atom stereocenters. The molecule has 0 bridgehead atoms. The monoisotopic (exact) mass is 300 g/mol. The van der Waals surface area contributed by atoms with Crippen LogP contribution in [0.1, 0.15) is 15.2 Å². The molecule has 0 spiro atoms. The van der Waals surface area contributed by atoms with Crippen LogP contribution < -0.4 is 11.1 Å². The molecule has 0 aliphatic carbocycles. The van der Waals surface area contributed by atoms with Crippen molar-refractivity contribution in [3.8, 4) is 0 Å². The van der Waals surface area contributed by atoms with Crippen LogP contribution >= 0.6 is 34.5 Å². The summed E-state index contributed by atoms with van der Waals surface area (Å²) in [5.41, 5.74) is 6.33. The Morgan fingerprint density at radius 1 is 1.39 bits per heavy atom. The van der Waals surface area contributed by atoms with Crippen molar-refractivity contribution >= 4 is 46.1 Å². The summed E-state index contributed by atoms with van der Waals surface area (Å²) in [6.45, 7) is 0.458. The van der Waals surface area contributed by atoms with Crippen molar-refractivity contribution in [1.29, 1.82) is 0 Å². The third-order valence-electron chi connectivity index (χ3n) is 2.30. The molecular weight excluding hydrogens is 291 g/mol. The van der Waals surface area contributed by atoms with Crippen molar-refractivity contribution < 1.29 is 4.79 Å². The molecule has 1 amide bonds. The second-order valence-electron chi connectivity index (χ2n) is 3.63. The Labute approximate surface area is 119 Å². The van der Waals surface area contributed by atoms with E-state index in [1.54, 1.807) is 11.3 Å². The van der Waals surface area contributed by atoms with Gasteiger partial charge in [0.2, 0.25) is 0 Å². The lowest BCUT2D eigenvalue weighted by Gasteiger charge is -2.08. The number of benzene rings is 1. The van der Waals surface area contributed by atoms with E-state index in [0.29, 0.717) is 17.8 Å². The Kier molecular flexibility index (Phi) is 4.11. The summed E-state index contributed by atoms with van der Waals surface area (Å²) in [4.78, 5) is 13.0. The van der Waals surface area contributed by atoms with E-state index in [1.165, 1.54) is 12.1 Å². The maximum Gasteiger partial charge on any atom is 0.253 e. The number of anilines is 1. The smallest absolute Gasteiger partial charge is 0.253 e. The molecule has 2 rings (SSSR count). The molecule has 1 aromatic heterocycles. The summed E-state index contributed by atoms with van der Waals surface area (Å²) in [6, 6.07) is 6.90. The zero-order chi connectivity index (χ0) is 13.1. The fourth-order valence-electron chi connectivity index (χ4n) is 1.45. The van der Waals surface area contributed by atoms with Crippen LogP contribution in [0.25, 0.3) is 0 Å². The van der Waals surface area contributed by atoms with E-state index in [4.69, 9.17) is 28.9 Å².